The molecule has 2 rings (SSSR count). The van der Waals surface area contributed by atoms with E-state index >= 15 is 0 Å². The topological polar surface area (TPSA) is 97.5 Å². The van der Waals surface area contributed by atoms with Gasteiger partial charge in [-0.1, -0.05) is 0 Å². The van der Waals surface area contributed by atoms with Crippen LogP contribution >= 0.6 is 0 Å². The maximum Gasteiger partial charge on any atom is 0.379 e. The Labute approximate surface area is 91.8 Å². The molecule has 0 saturated carbocycles. The Morgan fingerprint density at radius 2 is 2.56 bits per heavy atom. The fourth-order valence-corrected chi connectivity index (χ4v) is 1.56. The lowest BCUT2D eigenvalue weighted by molar-refractivity contribution is 0.0508. The van der Waals surface area contributed by atoms with Gasteiger partial charge < -0.3 is 19.7 Å². The summed E-state index contributed by atoms with van der Waals surface area (Å²) in [5.41, 5.74) is 0. The molecule has 7 heteroatoms. The molecule has 1 fully saturated rings. The van der Waals surface area contributed by atoms with Crippen LogP contribution in [0, 0.1) is 0 Å². The Kier molecular flexibility index (Phi) is 3.16. The van der Waals surface area contributed by atoms with Gasteiger partial charge in [0, 0.05) is 6.54 Å². The maximum atomic E-state index is 11.3. The summed E-state index contributed by atoms with van der Waals surface area (Å²) in [5, 5.41) is 15.8. The van der Waals surface area contributed by atoms with E-state index in [-0.39, 0.29) is 18.5 Å². The number of nitrogens with one attached hydrogen (secondary N) is 1. The first-order valence-electron chi connectivity index (χ1n) is 5.13. The van der Waals surface area contributed by atoms with Gasteiger partial charge in [-0.15, -0.1) is 0 Å². The molecule has 2 heterocycles. The van der Waals surface area contributed by atoms with E-state index in [0.717, 1.165) is 0 Å². The number of ether oxygens (including phenoxy) is 1. The van der Waals surface area contributed by atoms with Gasteiger partial charge in [0.2, 0.25) is 5.89 Å². The number of carbonyl (C=O) groups is 1. The molecule has 1 aromatic rings. The molecule has 1 saturated heterocycles. The standard InChI is InChI=1S/C9H13N3O4/c1-2-15-9(14)7-11-8(16-12-7)6-3-5(13)4-10-6/h5-6,10,13H,2-4H2,1H3/t5-,6+/m1/s1. The summed E-state index contributed by atoms with van der Waals surface area (Å²) in [6.45, 7) is 2.46. The van der Waals surface area contributed by atoms with Crippen molar-refractivity contribution >= 4 is 5.97 Å². The summed E-state index contributed by atoms with van der Waals surface area (Å²) in [6.07, 6.45) is 0.0905. The summed E-state index contributed by atoms with van der Waals surface area (Å²) >= 11 is 0. The van der Waals surface area contributed by atoms with E-state index in [1.807, 2.05) is 0 Å². The van der Waals surface area contributed by atoms with Gasteiger partial charge in [-0.3, -0.25) is 0 Å². The Morgan fingerprint density at radius 3 is 3.19 bits per heavy atom. The smallest absolute Gasteiger partial charge is 0.379 e. The second-order valence-electron chi connectivity index (χ2n) is 3.53. The molecule has 0 bridgehead atoms. The van der Waals surface area contributed by atoms with Crippen molar-refractivity contribution < 1.29 is 19.2 Å². The second-order valence-corrected chi connectivity index (χ2v) is 3.53. The highest BCUT2D eigenvalue weighted by Crippen LogP contribution is 2.21. The van der Waals surface area contributed by atoms with E-state index in [0.29, 0.717) is 18.9 Å². The molecule has 1 aromatic heterocycles. The van der Waals surface area contributed by atoms with E-state index < -0.39 is 12.1 Å². The normalized spacial score (nSPS) is 24.6. The van der Waals surface area contributed by atoms with E-state index in [1.54, 1.807) is 6.92 Å². The number of hydrogen-bond donors (Lipinski definition) is 2. The van der Waals surface area contributed by atoms with Crippen LogP contribution in [0.2, 0.25) is 0 Å². The van der Waals surface area contributed by atoms with Crippen LogP contribution < -0.4 is 5.32 Å². The molecule has 0 aliphatic carbocycles. The third-order valence-corrected chi connectivity index (χ3v) is 2.31. The van der Waals surface area contributed by atoms with Crippen molar-refractivity contribution in [2.45, 2.75) is 25.5 Å². The van der Waals surface area contributed by atoms with Crippen LogP contribution in [-0.4, -0.2) is 40.5 Å². The maximum absolute atomic E-state index is 11.3. The number of aliphatic hydroxyl groups excluding tert-OH is 1. The van der Waals surface area contributed by atoms with E-state index in [1.165, 1.54) is 0 Å². The fourth-order valence-electron chi connectivity index (χ4n) is 1.56. The number of hydrogen-bond acceptors (Lipinski definition) is 7. The molecule has 16 heavy (non-hydrogen) atoms. The van der Waals surface area contributed by atoms with Gasteiger partial charge in [0.05, 0.1) is 18.8 Å². The number of rotatable bonds is 3. The molecular formula is C9H13N3O4. The Bertz CT molecular complexity index is 379. The van der Waals surface area contributed by atoms with E-state index in [9.17, 15) is 9.90 Å². The average Bonchev–Trinajstić information content (AvgIpc) is 2.85. The minimum Gasteiger partial charge on any atom is -0.460 e. The van der Waals surface area contributed by atoms with E-state index in [2.05, 4.69) is 15.5 Å². The van der Waals surface area contributed by atoms with Crippen LogP contribution in [0.4, 0.5) is 0 Å². The van der Waals surface area contributed by atoms with Gasteiger partial charge in [0.1, 0.15) is 0 Å². The molecular weight excluding hydrogens is 214 g/mol. The highest BCUT2D eigenvalue weighted by molar-refractivity contribution is 5.84. The molecule has 88 valence electrons. The van der Waals surface area contributed by atoms with Crippen molar-refractivity contribution in [2.75, 3.05) is 13.2 Å². The monoisotopic (exact) mass is 227 g/mol. The highest BCUT2D eigenvalue weighted by atomic mass is 16.5. The number of esters is 1. The zero-order valence-corrected chi connectivity index (χ0v) is 8.84. The fraction of sp³-hybridized carbons (Fsp3) is 0.667. The van der Waals surface area contributed by atoms with Crippen molar-refractivity contribution in [3.63, 3.8) is 0 Å². The van der Waals surface area contributed by atoms with Gasteiger partial charge in [0.15, 0.2) is 0 Å². The van der Waals surface area contributed by atoms with Crippen molar-refractivity contribution in [3.8, 4) is 0 Å². The quantitative estimate of drug-likeness (QED) is 0.680. The Hall–Kier alpha value is -1.47. The van der Waals surface area contributed by atoms with Gasteiger partial charge in [-0.25, -0.2) is 4.79 Å². The summed E-state index contributed by atoms with van der Waals surface area (Å²) in [6, 6.07) is -0.189. The lowest BCUT2D eigenvalue weighted by Crippen LogP contribution is -2.15. The summed E-state index contributed by atoms with van der Waals surface area (Å²) in [5.74, 6) is -0.379. The zero-order valence-electron chi connectivity index (χ0n) is 8.84. The molecule has 2 N–H and O–H groups in total. The van der Waals surface area contributed by atoms with Gasteiger partial charge >= 0.3 is 5.97 Å². The molecule has 2 atom stereocenters. The Balaban J connectivity index is 2.04. The van der Waals surface area contributed by atoms with Crippen molar-refractivity contribution in [3.05, 3.63) is 11.7 Å². The molecule has 0 amide bonds. The van der Waals surface area contributed by atoms with Crippen LogP contribution in [0.25, 0.3) is 0 Å². The van der Waals surface area contributed by atoms with Crippen LogP contribution in [0.5, 0.6) is 0 Å². The average molecular weight is 227 g/mol. The number of aromatic nitrogens is 2. The molecule has 0 radical (unpaired) electrons. The van der Waals surface area contributed by atoms with E-state index in [4.69, 9.17) is 9.26 Å². The largest absolute Gasteiger partial charge is 0.460 e. The lowest BCUT2D eigenvalue weighted by atomic mass is 10.2. The third kappa shape index (κ3) is 2.20. The summed E-state index contributed by atoms with van der Waals surface area (Å²) in [4.78, 5) is 15.2. The van der Waals surface area contributed by atoms with Crippen LogP contribution in [0.15, 0.2) is 4.52 Å². The summed E-state index contributed by atoms with van der Waals surface area (Å²) < 4.78 is 9.66. The molecule has 0 aromatic carbocycles. The first kappa shape index (κ1) is 11.0. The number of nitrogens with zero attached hydrogens (tertiary/aromatic N) is 2. The lowest BCUT2D eigenvalue weighted by Gasteiger charge is -2.01. The van der Waals surface area contributed by atoms with Crippen LogP contribution in [0.1, 0.15) is 35.9 Å². The highest BCUT2D eigenvalue weighted by Gasteiger charge is 2.29. The Morgan fingerprint density at radius 1 is 1.75 bits per heavy atom. The molecule has 1 aliphatic rings. The third-order valence-electron chi connectivity index (χ3n) is 2.31. The minimum atomic E-state index is -0.601. The first-order chi connectivity index (χ1) is 7.70. The SMILES string of the molecule is CCOC(=O)c1noc([C@@H]2C[C@@H](O)CN2)n1. The predicted molar refractivity (Wildman–Crippen MR) is 51.6 cm³/mol. The van der Waals surface area contributed by atoms with Crippen molar-refractivity contribution in [1.29, 1.82) is 0 Å². The van der Waals surface area contributed by atoms with Crippen LogP contribution in [0.3, 0.4) is 0 Å². The number of carbonyl (C=O) groups excluding carboxylic acids is 1. The zero-order chi connectivity index (χ0) is 11.5. The number of aliphatic hydroxyl groups is 1. The minimum absolute atomic E-state index is 0.0833. The van der Waals surface area contributed by atoms with Crippen molar-refractivity contribution in [1.82, 2.24) is 15.5 Å². The first-order valence-corrected chi connectivity index (χ1v) is 5.13. The van der Waals surface area contributed by atoms with Crippen LogP contribution in [-0.2, 0) is 4.74 Å². The molecule has 0 unspecified atom stereocenters. The van der Waals surface area contributed by atoms with Crippen molar-refractivity contribution in [2.24, 2.45) is 0 Å². The van der Waals surface area contributed by atoms with Gasteiger partial charge in [-0.05, 0) is 18.5 Å². The summed E-state index contributed by atoms with van der Waals surface area (Å²) in [7, 11) is 0. The molecule has 7 nitrogen and oxygen atoms in total. The predicted octanol–water partition coefficient (Wildman–Crippen LogP) is -0.358. The van der Waals surface area contributed by atoms with Gasteiger partial charge in [0.25, 0.3) is 5.82 Å². The van der Waals surface area contributed by atoms with Gasteiger partial charge in [-0.2, -0.15) is 4.98 Å². The molecule has 0 spiro atoms. The second kappa shape index (κ2) is 4.58. The molecule has 1 aliphatic heterocycles. The number of β-amino-alcohol motifs (C(OH)–C–C–N with tert-alkyl or cyclic N) is 1.